The number of rotatable bonds is 1. The highest BCUT2D eigenvalue weighted by molar-refractivity contribution is 5.97. The van der Waals surface area contributed by atoms with Gasteiger partial charge in [-0.15, -0.1) is 0 Å². The predicted molar refractivity (Wildman–Crippen MR) is 102 cm³/mol. The Hall–Kier alpha value is -2.62. The number of carbonyl (C=O) groups is 1. The van der Waals surface area contributed by atoms with E-state index in [9.17, 15) is 4.79 Å². The second-order valence-corrected chi connectivity index (χ2v) is 8.13. The van der Waals surface area contributed by atoms with E-state index in [4.69, 9.17) is 0 Å². The monoisotopic (exact) mass is 345 g/mol. The first-order valence-corrected chi connectivity index (χ1v) is 9.39. The molecule has 2 heterocycles. The number of hydrogen-bond donors (Lipinski definition) is 1. The number of imidazole rings is 1. The molecule has 3 aromatic rings. The summed E-state index contributed by atoms with van der Waals surface area (Å²) in [6.07, 6.45) is 3.67. The SMILES string of the molecule is CC1CN(C(=O)c2ccc3nc[nH]c3c2)C2Cc3ccccc3C1(C)C2. The lowest BCUT2D eigenvalue weighted by molar-refractivity contribution is 0.0316. The number of carbonyl (C=O) groups excluding carboxylic acids is 1. The van der Waals surface area contributed by atoms with Crippen molar-refractivity contribution in [3.8, 4) is 0 Å². The number of piperidine rings is 1. The average Bonchev–Trinajstić information content (AvgIpc) is 3.12. The molecule has 26 heavy (non-hydrogen) atoms. The second kappa shape index (κ2) is 5.44. The van der Waals surface area contributed by atoms with Gasteiger partial charge in [-0.25, -0.2) is 4.98 Å². The number of H-pyrrole nitrogens is 1. The first-order valence-electron chi connectivity index (χ1n) is 9.39. The molecule has 1 N–H and O–H groups in total. The van der Waals surface area contributed by atoms with Gasteiger partial charge in [-0.3, -0.25) is 4.79 Å². The molecule has 0 radical (unpaired) electrons. The van der Waals surface area contributed by atoms with Gasteiger partial charge in [0.15, 0.2) is 0 Å². The van der Waals surface area contributed by atoms with Gasteiger partial charge in [0.05, 0.1) is 17.4 Å². The van der Waals surface area contributed by atoms with E-state index in [1.165, 1.54) is 11.1 Å². The predicted octanol–water partition coefficient (Wildman–Crippen LogP) is 3.93. The van der Waals surface area contributed by atoms with Gasteiger partial charge in [0, 0.05) is 18.2 Å². The Morgan fingerprint density at radius 3 is 3.00 bits per heavy atom. The summed E-state index contributed by atoms with van der Waals surface area (Å²) in [5.41, 5.74) is 5.60. The lowest BCUT2D eigenvalue weighted by Crippen LogP contribution is -2.58. The summed E-state index contributed by atoms with van der Waals surface area (Å²) in [6, 6.07) is 14.8. The molecule has 2 bridgehead atoms. The molecule has 3 unspecified atom stereocenters. The van der Waals surface area contributed by atoms with Crippen molar-refractivity contribution in [3.05, 3.63) is 65.5 Å². The highest BCUT2D eigenvalue weighted by atomic mass is 16.2. The Balaban J connectivity index is 1.52. The summed E-state index contributed by atoms with van der Waals surface area (Å²) in [6.45, 7) is 5.48. The van der Waals surface area contributed by atoms with E-state index in [1.54, 1.807) is 6.33 Å². The van der Waals surface area contributed by atoms with E-state index in [1.807, 2.05) is 18.2 Å². The fourth-order valence-corrected chi connectivity index (χ4v) is 5.00. The quantitative estimate of drug-likeness (QED) is 0.726. The summed E-state index contributed by atoms with van der Waals surface area (Å²) in [4.78, 5) is 22.8. The van der Waals surface area contributed by atoms with Gasteiger partial charge < -0.3 is 9.88 Å². The Morgan fingerprint density at radius 1 is 1.27 bits per heavy atom. The molecule has 1 saturated heterocycles. The minimum atomic E-state index is 0.139. The third-order valence-electron chi connectivity index (χ3n) is 6.67. The van der Waals surface area contributed by atoms with Gasteiger partial charge in [0.25, 0.3) is 5.91 Å². The normalized spacial score (nSPS) is 27.4. The van der Waals surface area contributed by atoms with E-state index in [2.05, 4.69) is 53.0 Å². The Kier molecular flexibility index (Phi) is 3.27. The van der Waals surface area contributed by atoms with Crippen LogP contribution in [0.1, 0.15) is 41.8 Å². The molecular weight excluding hydrogens is 322 g/mol. The molecule has 0 spiro atoms. The first kappa shape index (κ1) is 15.6. The van der Waals surface area contributed by atoms with E-state index in [0.29, 0.717) is 5.92 Å². The maximum absolute atomic E-state index is 13.3. The van der Waals surface area contributed by atoms with E-state index in [-0.39, 0.29) is 17.4 Å². The topological polar surface area (TPSA) is 49.0 Å². The molecule has 4 heteroatoms. The van der Waals surface area contributed by atoms with Gasteiger partial charge in [0.1, 0.15) is 0 Å². The number of amides is 1. The lowest BCUT2D eigenvalue weighted by Gasteiger charge is -2.53. The molecule has 5 rings (SSSR count). The van der Waals surface area contributed by atoms with E-state index < -0.39 is 0 Å². The number of benzene rings is 2. The minimum Gasteiger partial charge on any atom is -0.345 e. The van der Waals surface area contributed by atoms with Crippen LogP contribution in [0.25, 0.3) is 11.0 Å². The molecule has 1 aromatic heterocycles. The van der Waals surface area contributed by atoms with Crippen molar-refractivity contribution in [2.75, 3.05) is 6.54 Å². The molecule has 1 aliphatic carbocycles. The van der Waals surface area contributed by atoms with E-state index >= 15 is 0 Å². The van der Waals surface area contributed by atoms with Crippen LogP contribution in [0.4, 0.5) is 0 Å². The minimum absolute atomic E-state index is 0.139. The van der Waals surface area contributed by atoms with Crippen molar-refractivity contribution < 1.29 is 4.79 Å². The van der Waals surface area contributed by atoms with Gasteiger partial charge in [-0.05, 0) is 53.5 Å². The number of aromatic nitrogens is 2. The highest BCUT2D eigenvalue weighted by Crippen LogP contribution is 2.47. The van der Waals surface area contributed by atoms with Gasteiger partial charge in [-0.1, -0.05) is 38.1 Å². The molecule has 1 fully saturated rings. The maximum atomic E-state index is 13.3. The van der Waals surface area contributed by atoms with Crippen molar-refractivity contribution in [1.29, 1.82) is 0 Å². The van der Waals surface area contributed by atoms with Crippen LogP contribution >= 0.6 is 0 Å². The van der Waals surface area contributed by atoms with Crippen molar-refractivity contribution in [2.45, 2.75) is 38.1 Å². The van der Waals surface area contributed by atoms with Crippen molar-refractivity contribution in [2.24, 2.45) is 5.92 Å². The number of likely N-dealkylation sites (tertiary alicyclic amines) is 1. The Labute approximate surface area is 153 Å². The highest BCUT2D eigenvalue weighted by Gasteiger charge is 2.48. The Bertz CT molecular complexity index is 1010. The van der Waals surface area contributed by atoms with Crippen LogP contribution in [0.15, 0.2) is 48.8 Å². The third kappa shape index (κ3) is 2.14. The van der Waals surface area contributed by atoms with Gasteiger partial charge in [0.2, 0.25) is 0 Å². The van der Waals surface area contributed by atoms with Crippen LogP contribution in [-0.4, -0.2) is 33.4 Å². The van der Waals surface area contributed by atoms with Crippen LogP contribution in [0.2, 0.25) is 0 Å². The number of nitrogens with zero attached hydrogens (tertiary/aromatic N) is 2. The lowest BCUT2D eigenvalue weighted by atomic mass is 9.60. The zero-order valence-corrected chi connectivity index (χ0v) is 15.2. The summed E-state index contributed by atoms with van der Waals surface area (Å²) >= 11 is 0. The largest absolute Gasteiger partial charge is 0.345 e. The average molecular weight is 345 g/mol. The standard InChI is InChI=1S/C22H23N3O/c1-14-12-25(21(26)16-7-8-19-20(10-16)24-13-23-19)17-9-15-5-3-4-6-18(15)22(14,2)11-17/h3-8,10,13-14,17H,9,11-12H2,1-2H3,(H,23,24). The number of fused-ring (bicyclic) bond motifs is 5. The maximum Gasteiger partial charge on any atom is 0.254 e. The van der Waals surface area contributed by atoms with Gasteiger partial charge >= 0.3 is 0 Å². The summed E-state index contributed by atoms with van der Waals surface area (Å²) in [5, 5.41) is 0. The van der Waals surface area contributed by atoms with Crippen molar-refractivity contribution >= 4 is 16.9 Å². The first-order chi connectivity index (χ1) is 12.6. The molecule has 1 amide bonds. The fraction of sp³-hybridized carbons (Fsp3) is 0.364. The van der Waals surface area contributed by atoms with Crippen LogP contribution in [0, 0.1) is 5.92 Å². The van der Waals surface area contributed by atoms with Crippen LogP contribution in [0.3, 0.4) is 0 Å². The van der Waals surface area contributed by atoms with Crippen molar-refractivity contribution in [1.82, 2.24) is 14.9 Å². The molecule has 4 nitrogen and oxygen atoms in total. The molecule has 2 aromatic carbocycles. The number of aromatic amines is 1. The molecule has 0 saturated carbocycles. The zero-order valence-electron chi connectivity index (χ0n) is 15.2. The second-order valence-electron chi connectivity index (χ2n) is 8.13. The van der Waals surface area contributed by atoms with Crippen LogP contribution in [-0.2, 0) is 11.8 Å². The molecule has 2 aliphatic rings. The summed E-state index contributed by atoms with van der Waals surface area (Å²) in [7, 11) is 0. The molecule has 1 aliphatic heterocycles. The number of hydrogen-bond acceptors (Lipinski definition) is 2. The smallest absolute Gasteiger partial charge is 0.254 e. The van der Waals surface area contributed by atoms with E-state index in [0.717, 1.165) is 36.0 Å². The molecular formula is C22H23N3O. The summed E-state index contributed by atoms with van der Waals surface area (Å²) in [5.74, 6) is 0.569. The molecule has 3 atom stereocenters. The zero-order chi connectivity index (χ0) is 17.9. The summed E-state index contributed by atoms with van der Waals surface area (Å²) < 4.78 is 0. The van der Waals surface area contributed by atoms with Gasteiger partial charge in [-0.2, -0.15) is 0 Å². The number of nitrogens with one attached hydrogen (secondary N) is 1. The van der Waals surface area contributed by atoms with Crippen molar-refractivity contribution in [3.63, 3.8) is 0 Å². The fourth-order valence-electron chi connectivity index (χ4n) is 5.00. The van der Waals surface area contributed by atoms with Crippen LogP contribution in [0.5, 0.6) is 0 Å². The third-order valence-corrected chi connectivity index (χ3v) is 6.67. The Morgan fingerprint density at radius 2 is 2.12 bits per heavy atom. The molecule has 132 valence electrons. The van der Waals surface area contributed by atoms with Crippen LogP contribution < -0.4 is 0 Å².